The van der Waals surface area contributed by atoms with Crippen molar-refractivity contribution in [3.8, 4) is 0 Å². The third kappa shape index (κ3) is 5.93. The standard InChI is InChI=1S/C22H30N4O.HI/c1-3-20(26-13-12-17-8-4-5-9-18(17)15-26)14-24-22(23)25-21-11-7-6-10-19(21)16-27-2;/h4-11,20H,3,12-16H2,1-2H3,(H3,23,24,25);1H. The maximum absolute atomic E-state index is 6.16. The first-order valence-corrected chi connectivity index (χ1v) is 9.66. The summed E-state index contributed by atoms with van der Waals surface area (Å²) in [7, 11) is 1.69. The van der Waals surface area contributed by atoms with Crippen LogP contribution in [0.15, 0.2) is 53.5 Å². The summed E-state index contributed by atoms with van der Waals surface area (Å²) in [4.78, 5) is 7.15. The quantitative estimate of drug-likeness (QED) is 0.347. The highest BCUT2D eigenvalue weighted by atomic mass is 127. The number of guanidine groups is 1. The van der Waals surface area contributed by atoms with E-state index in [1.54, 1.807) is 7.11 Å². The number of rotatable bonds is 7. The molecule has 5 nitrogen and oxygen atoms in total. The van der Waals surface area contributed by atoms with Gasteiger partial charge in [-0.05, 0) is 30.0 Å². The number of methoxy groups -OCH3 is 1. The molecule has 0 spiro atoms. The lowest BCUT2D eigenvalue weighted by atomic mass is 9.98. The van der Waals surface area contributed by atoms with Gasteiger partial charge in [0, 0.05) is 37.5 Å². The summed E-state index contributed by atoms with van der Waals surface area (Å²) in [5.41, 5.74) is 11.1. The van der Waals surface area contributed by atoms with Crippen LogP contribution in [-0.2, 0) is 24.3 Å². The van der Waals surface area contributed by atoms with Crippen molar-refractivity contribution in [2.24, 2.45) is 10.7 Å². The van der Waals surface area contributed by atoms with Gasteiger partial charge in [0.25, 0.3) is 0 Å². The van der Waals surface area contributed by atoms with Crippen LogP contribution >= 0.6 is 24.0 Å². The van der Waals surface area contributed by atoms with E-state index in [0.717, 1.165) is 37.2 Å². The Morgan fingerprint density at radius 1 is 1.18 bits per heavy atom. The Balaban J connectivity index is 0.00000280. The van der Waals surface area contributed by atoms with Gasteiger partial charge in [0.1, 0.15) is 0 Å². The van der Waals surface area contributed by atoms with Crippen molar-refractivity contribution in [3.63, 3.8) is 0 Å². The van der Waals surface area contributed by atoms with Gasteiger partial charge in [0.15, 0.2) is 5.96 Å². The third-order valence-corrected chi connectivity index (χ3v) is 5.20. The molecule has 3 N–H and O–H groups in total. The number of hydrogen-bond acceptors (Lipinski definition) is 3. The SMILES string of the molecule is CCC(CN=C(N)Nc1ccccc1COC)N1CCc2ccccc2C1.I. The lowest BCUT2D eigenvalue weighted by molar-refractivity contribution is 0.178. The second kappa shape index (κ2) is 11.4. The first-order chi connectivity index (χ1) is 13.2. The largest absolute Gasteiger partial charge is 0.380 e. The normalized spacial score (nSPS) is 15.4. The summed E-state index contributed by atoms with van der Waals surface area (Å²) in [6, 6.07) is 17.1. The number of halogens is 1. The molecule has 1 aliphatic rings. The van der Waals surface area contributed by atoms with Crippen molar-refractivity contribution in [2.75, 3.05) is 25.5 Å². The Morgan fingerprint density at radius 2 is 1.89 bits per heavy atom. The average Bonchev–Trinajstić information content (AvgIpc) is 2.70. The molecule has 1 heterocycles. The van der Waals surface area contributed by atoms with Crippen LogP contribution in [0, 0.1) is 0 Å². The van der Waals surface area contributed by atoms with Gasteiger partial charge in [-0.25, -0.2) is 0 Å². The lowest BCUT2D eigenvalue weighted by Gasteiger charge is -2.34. The van der Waals surface area contributed by atoms with Gasteiger partial charge >= 0.3 is 0 Å². The molecule has 0 aliphatic carbocycles. The van der Waals surface area contributed by atoms with Crippen LogP contribution in [-0.4, -0.2) is 37.1 Å². The van der Waals surface area contributed by atoms with Gasteiger partial charge in [0.2, 0.25) is 0 Å². The molecule has 0 fully saturated rings. The minimum absolute atomic E-state index is 0. The van der Waals surface area contributed by atoms with Crippen LogP contribution in [0.2, 0.25) is 0 Å². The van der Waals surface area contributed by atoms with Crippen LogP contribution < -0.4 is 11.1 Å². The first kappa shape index (κ1) is 22.6. The lowest BCUT2D eigenvalue weighted by Crippen LogP contribution is -2.41. The number of benzene rings is 2. The van der Waals surface area contributed by atoms with E-state index in [0.29, 0.717) is 25.2 Å². The van der Waals surface area contributed by atoms with Crippen LogP contribution in [0.3, 0.4) is 0 Å². The Morgan fingerprint density at radius 3 is 2.64 bits per heavy atom. The van der Waals surface area contributed by atoms with Crippen LogP contribution in [0.25, 0.3) is 0 Å². The van der Waals surface area contributed by atoms with Crippen molar-refractivity contribution < 1.29 is 4.74 Å². The maximum Gasteiger partial charge on any atom is 0.193 e. The second-order valence-electron chi connectivity index (χ2n) is 6.99. The van der Waals surface area contributed by atoms with Crippen molar-refractivity contribution in [1.29, 1.82) is 0 Å². The van der Waals surface area contributed by atoms with E-state index in [2.05, 4.69) is 46.4 Å². The minimum Gasteiger partial charge on any atom is -0.380 e. The molecule has 1 aliphatic heterocycles. The first-order valence-electron chi connectivity index (χ1n) is 9.66. The van der Waals surface area contributed by atoms with Crippen molar-refractivity contribution in [2.45, 2.75) is 39.0 Å². The molecule has 0 amide bonds. The molecule has 0 bridgehead atoms. The predicted molar refractivity (Wildman–Crippen MR) is 127 cm³/mol. The fourth-order valence-electron chi connectivity index (χ4n) is 3.64. The summed E-state index contributed by atoms with van der Waals surface area (Å²) in [6.07, 6.45) is 2.16. The molecule has 0 saturated carbocycles. The van der Waals surface area contributed by atoms with E-state index in [-0.39, 0.29) is 24.0 Å². The average molecular weight is 494 g/mol. The van der Waals surface area contributed by atoms with E-state index in [9.17, 15) is 0 Å². The van der Waals surface area contributed by atoms with Gasteiger partial charge in [-0.15, -0.1) is 24.0 Å². The van der Waals surface area contributed by atoms with Crippen LogP contribution in [0.1, 0.15) is 30.0 Å². The second-order valence-corrected chi connectivity index (χ2v) is 6.99. The number of anilines is 1. The van der Waals surface area contributed by atoms with Gasteiger partial charge in [-0.2, -0.15) is 0 Å². The molecular formula is C22H31IN4O. The van der Waals surface area contributed by atoms with E-state index >= 15 is 0 Å². The molecule has 2 aromatic carbocycles. The molecule has 6 heteroatoms. The highest BCUT2D eigenvalue weighted by Gasteiger charge is 2.22. The smallest absolute Gasteiger partial charge is 0.193 e. The summed E-state index contributed by atoms with van der Waals surface area (Å²) >= 11 is 0. The molecule has 1 atom stereocenters. The molecule has 152 valence electrons. The number of nitrogens with one attached hydrogen (secondary N) is 1. The third-order valence-electron chi connectivity index (χ3n) is 5.20. The number of aliphatic imine (C=N–C) groups is 1. The van der Waals surface area contributed by atoms with E-state index in [1.807, 2.05) is 24.3 Å². The van der Waals surface area contributed by atoms with E-state index in [1.165, 1.54) is 11.1 Å². The zero-order chi connectivity index (χ0) is 19.1. The van der Waals surface area contributed by atoms with Gasteiger partial charge < -0.3 is 15.8 Å². The fourth-order valence-corrected chi connectivity index (χ4v) is 3.64. The zero-order valence-electron chi connectivity index (χ0n) is 16.7. The molecular weight excluding hydrogens is 463 g/mol. The molecule has 1 unspecified atom stereocenters. The monoisotopic (exact) mass is 494 g/mol. The molecule has 28 heavy (non-hydrogen) atoms. The summed E-state index contributed by atoms with van der Waals surface area (Å²) < 4.78 is 5.25. The molecule has 3 rings (SSSR count). The number of nitrogens with zero attached hydrogens (tertiary/aromatic N) is 2. The van der Waals surface area contributed by atoms with Gasteiger partial charge in [0.05, 0.1) is 13.2 Å². The molecule has 0 radical (unpaired) electrons. The molecule has 0 saturated heterocycles. The van der Waals surface area contributed by atoms with Crippen molar-refractivity contribution >= 4 is 35.6 Å². The topological polar surface area (TPSA) is 62.9 Å². The maximum atomic E-state index is 6.16. The Labute approximate surface area is 185 Å². The predicted octanol–water partition coefficient (Wildman–Crippen LogP) is 4.01. The van der Waals surface area contributed by atoms with Crippen molar-refractivity contribution in [3.05, 3.63) is 65.2 Å². The van der Waals surface area contributed by atoms with Gasteiger partial charge in [-0.3, -0.25) is 9.89 Å². The number of nitrogens with two attached hydrogens (primary N) is 1. The Bertz CT molecular complexity index is 781. The summed E-state index contributed by atoms with van der Waals surface area (Å²) in [5.74, 6) is 0.453. The highest BCUT2D eigenvalue weighted by Crippen LogP contribution is 2.21. The summed E-state index contributed by atoms with van der Waals surface area (Å²) in [6.45, 7) is 5.53. The van der Waals surface area contributed by atoms with E-state index < -0.39 is 0 Å². The fraction of sp³-hybridized carbons (Fsp3) is 0.409. The minimum atomic E-state index is 0. The van der Waals surface area contributed by atoms with Gasteiger partial charge in [-0.1, -0.05) is 49.4 Å². The zero-order valence-corrected chi connectivity index (χ0v) is 19.1. The number of fused-ring (bicyclic) bond motifs is 1. The van der Waals surface area contributed by atoms with Crippen molar-refractivity contribution in [1.82, 2.24) is 4.90 Å². The Hall–Kier alpha value is -1.64. The van der Waals surface area contributed by atoms with E-state index in [4.69, 9.17) is 10.5 Å². The summed E-state index contributed by atoms with van der Waals surface area (Å²) in [5, 5.41) is 3.22. The van der Waals surface area contributed by atoms with Crippen LogP contribution in [0.5, 0.6) is 0 Å². The number of ether oxygens (including phenoxy) is 1. The van der Waals surface area contributed by atoms with Crippen LogP contribution in [0.4, 0.5) is 5.69 Å². The number of para-hydroxylation sites is 1. The number of hydrogen-bond donors (Lipinski definition) is 2. The molecule has 2 aromatic rings. The Kier molecular flexibility index (Phi) is 9.21. The molecule has 0 aromatic heterocycles. The highest BCUT2D eigenvalue weighted by molar-refractivity contribution is 14.0.